The van der Waals surface area contributed by atoms with Crippen LogP contribution < -0.4 is 10.8 Å². The van der Waals surface area contributed by atoms with Crippen molar-refractivity contribution in [1.82, 2.24) is 10.8 Å². The van der Waals surface area contributed by atoms with Crippen LogP contribution in [-0.4, -0.2) is 34.8 Å². The molecule has 0 bridgehead atoms. The summed E-state index contributed by atoms with van der Waals surface area (Å²) in [6, 6.07) is 18.1. The first kappa shape index (κ1) is 24.6. The second kappa shape index (κ2) is 11.6. The van der Waals surface area contributed by atoms with Crippen LogP contribution in [0.2, 0.25) is 0 Å². The highest BCUT2D eigenvalue weighted by Crippen LogP contribution is 2.22. The number of amides is 2. The van der Waals surface area contributed by atoms with Crippen molar-refractivity contribution in [2.24, 2.45) is 11.3 Å². The van der Waals surface area contributed by atoms with E-state index in [0.29, 0.717) is 6.42 Å². The summed E-state index contributed by atoms with van der Waals surface area (Å²) in [6.45, 7) is 5.62. The van der Waals surface area contributed by atoms with Crippen molar-refractivity contribution in [2.75, 3.05) is 6.61 Å². The SMILES string of the molecule is CC(C)(C)[C@@H](CO)NC(=O)[C@H](CCCc1ccc(-c2ccccc2)cc1)CC(=O)NO. The van der Waals surface area contributed by atoms with E-state index < -0.39 is 17.9 Å². The molecule has 168 valence electrons. The first-order valence-electron chi connectivity index (χ1n) is 10.7. The quantitative estimate of drug-likeness (QED) is 0.344. The number of aryl methyl sites for hydroxylation is 1. The lowest BCUT2D eigenvalue weighted by molar-refractivity contribution is -0.135. The second-order valence-electron chi connectivity index (χ2n) is 9.00. The van der Waals surface area contributed by atoms with Crippen molar-refractivity contribution >= 4 is 11.8 Å². The molecule has 0 aliphatic heterocycles. The topological polar surface area (TPSA) is 98.7 Å². The molecule has 0 saturated heterocycles. The zero-order chi connectivity index (χ0) is 22.9. The maximum atomic E-state index is 12.8. The molecule has 4 N–H and O–H groups in total. The van der Waals surface area contributed by atoms with E-state index in [9.17, 15) is 14.7 Å². The van der Waals surface area contributed by atoms with Crippen LogP contribution in [-0.2, 0) is 16.0 Å². The van der Waals surface area contributed by atoms with E-state index in [2.05, 4.69) is 41.7 Å². The minimum atomic E-state index is -0.594. The number of rotatable bonds is 10. The fourth-order valence-electron chi connectivity index (χ4n) is 3.47. The minimum Gasteiger partial charge on any atom is -0.394 e. The van der Waals surface area contributed by atoms with Crippen LogP contribution in [0.3, 0.4) is 0 Å². The van der Waals surface area contributed by atoms with Crippen LogP contribution in [0, 0.1) is 11.3 Å². The Hall–Kier alpha value is -2.70. The number of hydrogen-bond donors (Lipinski definition) is 4. The lowest BCUT2D eigenvalue weighted by Crippen LogP contribution is -2.48. The lowest BCUT2D eigenvalue weighted by Gasteiger charge is -2.31. The molecular weight excluding hydrogens is 392 g/mol. The first-order chi connectivity index (χ1) is 14.7. The average Bonchev–Trinajstić information content (AvgIpc) is 2.76. The molecule has 0 spiro atoms. The van der Waals surface area contributed by atoms with Crippen molar-refractivity contribution in [2.45, 2.75) is 52.5 Å². The molecule has 6 nitrogen and oxygen atoms in total. The van der Waals surface area contributed by atoms with Crippen LogP contribution in [0.15, 0.2) is 54.6 Å². The van der Waals surface area contributed by atoms with Gasteiger partial charge in [0.2, 0.25) is 11.8 Å². The van der Waals surface area contributed by atoms with E-state index in [1.165, 1.54) is 0 Å². The van der Waals surface area contributed by atoms with Crippen LogP contribution in [0.4, 0.5) is 0 Å². The van der Waals surface area contributed by atoms with Gasteiger partial charge in [-0.15, -0.1) is 0 Å². The highest BCUT2D eigenvalue weighted by atomic mass is 16.5. The fraction of sp³-hybridized carbons (Fsp3) is 0.440. The van der Waals surface area contributed by atoms with Crippen LogP contribution >= 0.6 is 0 Å². The maximum Gasteiger partial charge on any atom is 0.244 e. The molecule has 0 aliphatic rings. The zero-order valence-corrected chi connectivity index (χ0v) is 18.6. The van der Waals surface area contributed by atoms with Gasteiger partial charge >= 0.3 is 0 Å². The molecule has 0 heterocycles. The summed E-state index contributed by atoms with van der Waals surface area (Å²) in [6.07, 6.45) is 1.91. The monoisotopic (exact) mass is 426 g/mol. The molecule has 0 unspecified atom stereocenters. The van der Waals surface area contributed by atoms with E-state index in [0.717, 1.165) is 29.5 Å². The summed E-state index contributed by atoms with van der Waals surface area (Å²) in [4.78, 5) is 24.5. The number of aliphatic hydroxyl groups excluding tert-OH is 1. The van der Waals surface area contributed by atoms with E-state index in [4.69, 9.17) is 5.21 Å². The molecule has 0 aromatic heterocycles. The highest BCUT2D eigenvalue weighted by molar-refractivity contribution is 5.85. The molecule has 0 fully saturated rings. The Morgan fingerprint density at radius 1 is 0.968 bits per heavy atom. The Labute approximate surface area is 184 Å². The number of aliphatic hydroxyl groups is 1. The summed E-state index contributed by atoms with van der Waals surface area (Å²) in [5, 5.41) is 21.4. The van der Waals surface area contributed by atoms with Crippen LogP contribution in [0.5, 0.6) is 0 Å². The van der Waals surface area contributed by atoms with Gasteiger partial charge in [0.05, 0.1) is 12.6 Å². The summed E-state index contributed by atoms with van der Waals surface area (Å²) in [5.41, 5.74) is 4.78. The number of benzene rings is 2. The minimum absolute atomic E-state index is 0.0996. The normalized spacial score (nSPS) is 13.3. The third kappa shape index (κ3) is 7.81. The molecular formula is C25H34N2O4. The molecule has 31 heavy (non-hydrogen) atoms. The van der Waals surface area contributed by atoms with Gasteiger partial charge in [-0.3, -0.25) is 14.8 Å². The van der Waals surface area contributed by atoms with Gasteiger partial charge in [-0.2, -0.15) is 0 Å². The van der Waals surface area contributed by atoms with Crippen molar-refractivity contribution < 1.29 is 19.9 Å². The van der Waals surface area contributed by atoms with Gasteiger partial charge in [0.1, 0.15) is 0 Å². The predicted octanol–water partition coefficient (Wildman–Crippen LogP) is 3.71. The largest absolute Gasteiger partial charge is 0.394 e. The molecule has 2 atom stereocenters. The molecule has 2 amide bonds. The van der Waals surface area contributed by atoms with Gasteiger partial charge in [0.25, 0.3) is 0 Å². The van der Waals surface area contributed by atoms with Crippen LogP contribution in [0.25, 0.3) is 11.1 Å². The molecule has 6 heteroatoms. The zero-order valence-electron chi connectivity index (χ0n) is 18.6. The third-order valence-electron chi connectivity index (χ3n) is 5.55. The van der Waals surface area contributed by atoms with Crippen molar-refractivity contribution in [3.8, 4) is 11.1 Å². The third-order valence-corrected chi connectivity index (χ3v) is 5.55. The van der Waals surface area contributed by atoms with Crippen molar-refractivity contribution in [3.63, 3.8) is 0 Å². The molecule has 2 rings (SSSR count). The Bertz CT molecular complexity index is 829. The van der Waals surface area contributed by atoms with Crippen LogP contribution in [0.1, 0.15) is 45.6 Å². The van der Waals surface area contributed by atoms with E-state index in [1.54, 1.807) is 5.48 Å². The summed E-state index contributed by atoms with van der Waals surface area (Å²) < 4.78 is 0. The van der Waals surface area contributed by atoms with Gasteiger partial charge < -0.3 is 10.4 Å². The lowest BCUT2D eigenvalue weighted by atomic mass is 9.86. The van der Waals surface area contributed by atoms with Gasteiger partial charge in [0, 0.05) is 12.3 Å². The number of carbonyl (C=O) groups excluding carboxylic acids is 2. The Kier molecular flexibility index (Phi) is 9.21. The highest BCUT2D eigenvalue weighted by Gasteiger charge is 2.29. The molecule has 0 saturated carbocycles. The summed E-state index contributed by atoms with van der Waals surface area (Å²) in [5.74, 6) is -1.45. The average molecular weight is 427 g/mol. The molecule has 2 aromatic rings. The Balaban J connectivity index is 1.96. The van der Waals surface area contributed by atoms with Gasteiger partial charge in [0.15, 0.2) is 0 Å². The van der Waals surface area contributed by atoms with Crippen molar-refractivity contribution in [3.05, 3.63) is 60.2 Å². The smallest absolute Gasteiger partial charge is 0.244 e. The molecule has 0 aliphatic carbocycles. The van der Waals surface area contributed by atoms with Crippen molar-refractivity contribution in [1.29, 1.82) is 0 Å². The Morgan fingerprint density at radius 2 is 1.58 bits per heavy atom. The number of carbonyl (C=O) groups is 2. The standard InChI is InChI=1S/C25H34N2O4/c1-25(2,3)22(17-28)26-24(30)21(16-23(29)27-31)11-7-8-18-12-14-20(15-13-18)19-9-5-4-6-10-19/h4-6,9-10,12-15,21-22,28,31H,7-8,11,16-17H2,1-3H3,(H,26,30)(H,27,29)/t21-,22-/m1/s1. The van der Waals surface area contributed by atoms with Gasteiger partial charge in [-0.25, -0.2) is 5.48 Å². The fourth-order valence-corrected chi connectivity index (χ4v) is 3.47. The summed E-state index contributed by atoms with van der Waals surface area (Å²) in [7, 11) is 0. The number of hydrogen-bond acceptors (Lipinski definition) is 4. The van der Waals surface area contributed by atoms with E-state index in [1.807, 2.05) is 39.0 Å². The summed E-state index contributed by atoms with van der Waals surface area (Å²) >= 11 is 0. The van der Waals surface area contributed by atoms with Gasteiger partial charge in [-0.05, 0) is 41.4 Å². The van der Waals surface area contributed by atoms with E-state index in [-0.39, 0.29) is 24.3 Å². The second-order valence-corrected chi connectivity index (χ2v) is 9.00. The van der Waals surface area contributed by atoms with E-state index >= 15 is 0 Å². The number of hydroxylamine groups is 1. The predicted molar refractivity (Wildman–Crippen MR) is 121 cm³/mol. The Morgan fingerprint density at radius 3 is 2.13 bits per heavy atom. The number of nitrogens with one attached hydrogen (secondary N) is 2. The maximum absolute atomic E-state index is 12.8. The van der Waals surface area contributed by atoms with Gasteiger partial charge in [-0.1, -0.05) is 75.4 Å². The molecule has 2 aromatic carbocycles. The first-order valence-corrected chi connectivity index (χ1v) is 10.7. The molecule has 0 radical (unpaired) electrons.